The van der Waals surface area contributed by atoms with Crippen molar-refractivity contribution in [2.75, 3.05) is 11.9 Å². The lowest BCUT2D eigenvalue weighted by molar-refractivity contribution is -0.142. The van der Waals surface area contributed by atoms with Crippen LogP contribution < -0.4 is 5.32 Å². The molecule has 22 heavy (non-hydrogen) atoms. The molecule has 2 N–H and O–H groups in total. The Labute approximate surface area is 137 Å². The third-order valence-corrected chi connectivity index (χ3v) is 4.06. The van der Waals surface area contributed by atoms with Crippen molar-refractivity contribution < 1.29 is 19.4 Å². The second-order valence-corrected chi connectivity index (χ2v) is 6.14. The van der Waals surface area contributed by atoms with Crippen LogP contribution in [0.3, 0.4) is 0 Å². The highest BCUT2D eigenvalue weighted by atomic mass is 79.9. The molecule has 0 aliphatic heterocycles. The zero-order chi connectivity index (χ0) is 16.1. The summed E-state index contributed by atoms with van der Waals surface area (Å²) in [7, 11) is 0. The van der Waals surface area contributed by atoms with Gasteiger partial charge in [0, 0.05) is 6.04 Å². The minimum atomic E-state index is -0.550. The smallest absolute Gasteiger partial charge is 0.313 e. The highest BCUT2D eigenvalue weighted by molar-refractivity contribution is 9.10. The Hall–Kier alpha value is -1.63. The topological polar surface area (TPSA) is 88.5 Å². The number of esters is 1. The zero-order valence-electron chi connectivity index (χ0n) is 12.4. The third kappa shape index (κ3) is 4.19. The summed E-state index contributed by atoms with van der Waals surface area (Å²) in [5.74, 6) is -0.799. The van der Waals surface area contributed by atoms with Crippen molar-refractivity contribution >= 4 is 33.5 Å². The number of nitrogens with one attached hydrogen (secondary N) is 1. The second kappa shape index (κ2) is 7.58. The average Bonchev–Trinajstić information content (AvgIpc) is 2.43. The predicted octanol–water partition coefficient (Wildman–Crippen LogP) is 3.04. The number of pyridine rings is 1. The predicted molar refractivity (Wildman–Crippen MR) is 85.1 cm³/mol. The molecule has 0 radical (unpaired) electrons. The molecule has 2 rings (SSSR count). The van der Waals surface area contributed by atoms with E-state index in [1.54, 1.807) is 0 Å². The quantitative estimate of drug-likeness (QED) is 0.435. The van der Waals surface area contributed by atoms with E-state index in [2.05, 4.69) is 26.2 Å². The Morgan fingerprint density at radius 3 is 2.82 bits per heavy atom. The lowest BCUT2D eigenvalue weighted by atomic mass is 9.93. The fourth-order valence-electron chi connectivity index (χ4n) is 2.04. The molecule has 7 heteroatoms. The van der Waals surface area contributed by atoms with Crippen LogP contribution in [0.15, 0.2) is 10.5 Å². The van der Waals surface area contributed by atoms with Crippen LogP contribution in [0.1, 0.15) is 49.4 Å². The Bertz CT molecular complexity index is 573. The number of hydrogen-bond acceptors (Lipinski definition) is 6. The van der Waals surface area contributed by atoms with Gasteiger partial charge < -0.3 is 15.2 Å². The van der Waals surface area contributed by atoms with Crippen LogP contribution in [0, 0.1) is 0 Å². The second-order valence-electron chi connectivity index (χ2n) is 5.28. The molecule has 0 amide bonds. The van der Waals surface area contributed by atoms with Crippen molar-refractivity contribution in [1.29, 1.82) is 0 Å². The van der Waals surface area contributed by atoms with Gasteiger partial charge in [0.05, 0.1) is 16.6 Å². The van der Waals surface area contributed by atoms with E-state index in [-0.39, 0.29) is 29.7 Å². The molecular formula is C15H19BrN2O4. The Morgan fingerprint density at radius 1 is 1.50 bits per heavy atom. The van der Waals surface area contributed by atoms with Gasteiger partial charge in [0.25, 0.3) is 0 Å². The van der Waals surface area contributed by atoms with Gasteiger partial charge in [-0.1, -0.05) is 6.92 Å². The maximum atomic E-state index is 12.3. The van der Waals surface area contributed by atoms with Gasteiger partial charge in [-0.15, -0.1) is 0 Å². The maximum absolute atomic E-state index is 12.3. The molecule has 1 fully saturated rings. The number of carbonyl (C=O) groups excluding carboxylic acids is 2. The lowest BCUT2D eigenvalue weighted by Gasteiger charge is -2.27. The number of aromatic nitrogens is 1. The Morgan fingerprint density at radius 2 is 2.23 bits per heavy atom. The molecular weight excluding hydrogens is 352 g/mol. The van der Waals surface area contributed by atoms with Gasteiger partial charge in [0.15, 0.2) is 5.78 Å². The molecule has 6 nitrogen and oxygen atoms in total. The largest absolute Gasteiger partial charge is 0.492 e. The molecule has 1 aliphatic carbocycles. The number of halogens is 1. The van der Waals surface area contributed by atoms with E-state index in [1.807, 2.05) is 6.92 Å². The third-order valence-electron chi connectivity index (χ3n) is 3.48. The van der Waals surface area contributed by atoms with Gasteiger partial charge in [0.2, 0.25) is 5.88 Å². The van der Waals surface area contributed by atoms with Crippen LogP contribution >= 0.6 is 15.9 Å². The molecule has 1 aromatic rings. The first kappa shape index (κ1) is 16.7. The fourth-order valence-corrected chi connectivity index (χ4v) is 2.36. The van der Waals surface area contributed by atoms with E-state index in [1.165, 1.54) is 6.07 Å². The van der Waals surface area contributed by atoms with Gasteiger partial charge >= 0.3 is 5.97 Å². The zero-order valence-corrected chi connectivity index (χ0v) is 14.0. The van der Waals surface area contributed by atoms with Gasteiger partial charge in [-0.25, -0.2) is 0 Å². The monoisotopic (exact) mass is 370 g/mol. The summed E-state index contributed by atoms with van der Waals surface area (Å²) in [6.45, 7) is 2.19. The van der Waals surface area contributed by atoms with Crippen molar-refractivity contribution in [3.63, 3.8) is 0 Å². The van der Waals surface area contributed by atoms with Gasteiger partial charge in [-0.05, 0) is 47.7 Å². The molecule has 0 unspecified atom stereocenters. The van der Waals surface area contributed by atoms with Crippen molar-refractivity contribution in [3.8, 4) is 5.88 Å². The fraction of sp³-hybridized carbons (Fsp3) is 0.533. The highest BCUT2D eigenvalue weighted by Crippen LogP contribution is 2.30. The van der Waals surface area contributed by atoms with Crippen LogP contribution in [0.25, 0.3) is 0 Å². The van der Waals surface area contributed by atoms with Gasteiger partial charge in [-0.3, -0.25) is 9.59 Å². The summed E-state index contributed by atoms with van der Waals surface area (Å²) in [5, 5.41) is 12.9. The van der Waals surface area contributed by atoms with E-state index in [9.17, 15) is 14.7 Å². The molecule has 0 aromatic carbocycles. The highest BCUT2D eigenvalue weighted by Gasteiger charge is 2.24. The van der Waals surface area contributed by atoms with Crippen molar-refractivity contribution in [1.82, 2.24) is 4.98 Å². The van der Waals surface area contributed by atoms with Crippen LogP contribution in [0.4, 0.5) is 5.82 Å². The van der Waals surface area contributed by atoms with Crippen molar-refractivity contribution in [2.24, 2.45) is 0 Å². The minimum Gasteiger partial charge on any atom is -0.492 e. The van der Waals surface area contributed by atoms with E-state index < -0.39 is 5.97 Å². The number of Topliss-reactive ketones (excluding diaryl/α,β-unsaturated/α-hetero) is 1. The molecule has 1 saturated carbocycles. The standard InChI is InChI=1S/C15H19BrN2O4/c1-2-6-22-13(20)8-12(19)10-7-11(16)15(21)18-14(10)17-9-4-3-5-9/h7,9H,2-6,8H2,1H3,(H2,17,18,21). The number of rotatable bonds is 7. The number of nitrogens with zero attached hydrogens (tertiary/aromatic N) is 1. The van der Waals surface area contributed by atoms with E-state index in [0.29, 0.717) is 23.3 Å². The minimum absolute atomic E-state index is 0.188. The van der Waals surface area contributed by atoms with Crippen molar-refractivity contribution in [2.45, 2.75) is 45.1 Å². The molecule has 0 saturated heterocycles. The SMILES string of the molecule is CCCOC(=O)CC(=O)c1cc(Br)c(O)nc1NC1CCC1. The molecule has 120 valence electrons. The van der Waals surface area contributed by atoms with Crippen LogP contribution in [-0.4, -0.2) is 34.5 Å². The Kier molecular flexibility index (Phi) is 5.76. The summed E-state index contributed by atoms with van der Waals surface area (Å²) in [5.41, 5.74) is 0.282. The molecule has 1 heterocycles. The number of ketones is 1. The molecule has 0 atom stereocenters. The van der Waals surface area contributed by atoms with E-state index in [4.69, 9.17) is 4.74 Å². The first-order valence-corrected chi connectivity index (χ1v) is 8.15. The average molecular weight is 371 g/mol. The molecule has 0 bridgehead atoms. The Balaban J connectivity index is 2.14. The van der Waals surface area contributed by atoms with Crippen LogP contribution in [0.5, 0.6) is 5.88 Å². The lowest BCUT2D eigenvalue weighted by Crippen LogP contribution is -2.28. The van der Waals surface area contributed by atoms with Gasteiger partial charge in [0.1, 0.15) is 12.2 Å². The van der Waals surface area contributed by atoms with Crippen molar-refractivity contribution in [3.05, 3.63) is 16.1 Å². The number of carbonyl (C=O) groups is 2. The summed E-state index contributed by atoms with van der Waals surface area (Å²) >= 11 is 3.15. The number of aromatic hydroxyl groups is 1. The first-order valence-electron chi connectivity index (χ1n) is 7.36. The first-order chi connectivity index (χ1) is 10.5. The summed E-state index contributed by atoms with van der Waals surface area (Å²) in [6, 6.07) is 1.74. The summed E-state index contributed by atoms with van der Waals surface area (Å²) < 4.78 is 5.25. The van der Waals surface area contributed by atoms with Gasteiger partial charge in [-0.2, -0.15) is 4.98 Å². The molecule has 1 aromatic heterocycles. The van der Waals surface area contributed by atoms with E-state index >= 15 is 0 Å². The summed E-state index contributed by atoms with van der Waals surface area (Å²) in [6.07, 6.45) is 3.52. The normalized spacial score (nSPS) is 14.3. The number of ether oxygens (including phenoxy) is 1. The molecule has 1 aliphatic rings. The summed E-state index contributed by atoms with van der Waals surface area (Å²) in [4.78, 5) is 27.9. The number of hydrogen-bond donors (Lipinski definition) is 2. The van der Waals surface area contributed by atoms with Crippen LogP contribution in [0.2, 0.25) is 0 Å². The van der Waals surface area contributed by atoms with Crippen LogP contribution in [-0.2, 0) is 9.53 Å². The molecule has 0 spiro atoms. The van der Waals surface area contributed by atoms with E-state index in [0.717, 1.165) is 19.3 Å². The number of anilines is 1. The maximum Gasteiger partial charge on any atom is 0.313 e.